The van der Waals surface area contributed by atoms with Gasteiger partial charge in [-0.1, -0.05) is 11.3 Å². The van der Waals surface area contributed by atoms with Gasteiger partial charge in [-0.15, -0.1) is 16.4 Å². The first-order valence-corrected chi connectivity index (χ1v) is 9.36. The van der Waals surface area contributed by atoms with Crippen molar-refractivity contribution in [1.29, 1.82) is 0 Å². The maximum Gasteiger partial charge on any atom is 0.264 e. The van der Waals surface area contributed by atoms with Crippen molar-refractivity contribution in [3.05, 3.63) is 47.4 Å². The van der Waals surface area contributed by atoms with Gasteiger partial charge in [-0.25, -0.2) is 4.39 Å². The van der Waals surface area contributed by atoms with E-state index in [0.29, 0.717) is 4.88 Å². The number of nitrogens with zero attached hydrogens (tertiary/aromatic N) is 4. The van der Waals surface area contributed by atoms with Crippen LogP contribution in [-0.4, -0.2) is 38.4 Å². The average Bonchev–Trinajstić information content (AvgIpc) is 3.28. The van der Waals surface area contributed by atoms with E-state index in [4.69, 9.17) is 0 Å². The minimum Gasteiger partial charge on any atom is -0.335 e. The lowest BCUT2D eigenvalue weighted by Gasteiger charge is -2.35. The molecule has 25 heavy (non-hydrogen) atoms. The van der Waals surface area contributed by atoms with Crippen LogP contribution in [0.15, 0.2) is 36.7 Å². The van der Waals surface area contributed by atoms with E-state index in [0.717, 1.165) is 48.9 Å². The molecule has 0 saturated carbocycles. The quantitative estimate of drug-likeness (QED) is 0.714. The number of amides is 1. The number of carbonyl (C=O) groups excluding carboxylic acids is 1. The Balaban J connectivity index is 1.52. The van der Waals surface area contributed by atoms with Gasteiger partial charge in [0.2, 0.25) is 0 Å². The smallest absolute Gasteiger partial charge is 0.264 e. The summed E-state index contributed by atoms with van der Waals surface area (Å²) < 4.78 is 16.0. The molecule has 3 aromatic rings. The number of piperidine rings is 1. The summed E-state index contributed by atoms with van der Waals surface area (Å²) in [4.78, 5) is 15.7. The second-order valence-corrected chi connectivity index (χ2v) is 7.48. The predicted molar refractivity (Wildman–Crippen MR) is 95.1 cm³/mol. The SMILES string of the molecule is O=C(c1cc2ccc(F)cc2s1)N1CCCCC1CCn1ccnn1. The summed E-state index contributed by atoms with van der Waals surface area (Å²) in [6, 6.07) is 6.76. The molecule has 4 rings (SSSR count). The van der Waals surface area contributed by atoms with Crippen molar-refractivity contribution in [2.45, 2.75) is 38.3 Å². The van der Waals surface area contributed by atoms with E-state index >= 15 is 0 Å². The zero-order valence-electron chi connectivity index (χ0n) is 13.8. The highest BCUT2D eigenvalue weighted by Crippen LogP contribution is 2.30. The molecule has 7 heteroatoms. The number of halogens is 1. The van der Waals surface area contributed by atoms with Gasteiger partial charge in [0, 0.05) is 30.0 Å². The summed E-state index contributed by atoms with van der Waals surface area (Å²) >= 11 is 1.37. The Morgan fingerprint density at radius 1 is 1.32 bits per heavy atom. The van der Waals surface area contributed by atoms with Crippen molar-refractivity contribution in [2.24, 2.45) is 0 Å². The molecule has 1 atom stereocenters. The van der Waals surface area contributed by atoms with Crippen LogP contribution in [0.4, 0.5) is 4.39 Å². The van der Waals surface area contributed by atoms with Crippen LogP contribution in [0.3, 0.4) is 0 Å². The van der Waals surface area contributed by atoms with E-state index in [2.05, 4.69) is 10.3 Å². The third-order valence-corrected chi connectivity index (χ3v) is 5.83. The van der Waals surface area contributed by atoms with E-state index in [-0.39, 0.29) is 17.8 Å². The Kier molecular flexibility index (Phi) is 4.48. The highest BCUT2D eigenvalue weighted by molar-refractivity contribution is 7.20. The number of fused-ring (bicyclic) bond motifs is 1. The largest absolute Gasteiger partial charge is 0.335 e. The lowest BCUT2D eigenvalue weighted by molar-refractivity contribution is 0.0599. The van der Waals surface area contributed by atoms with Crippen molar-refractivity contribution in [3.63, 3.8) is 0 Å². The number of rotatable bonds is 4. The minimum atomic E-state index is -0.267. The van der Waals surface area contributed by atoms with Crippen molar-refractivity contribution in [2.75, 3.05) is 6.54 Å². The van der Waals surface area contributed by atoms with Crippen LogP contribution in [0.5, 0.6) is 0 Å². The van der Waals surface area contributed by atoms with Crippen LogP contribution >= 0.6 is 11.3 Å². The molecule has 1 aromatic carbocycles. The van der Waals surface area contributed by atoms with Gasteiger partial charge in [-0.05, 0) is 49.3 Å². The van der Waals surface area contributed by atoms with Gasteiger partial charge in [0.15, 0.2) is 0 Å². The Bertz CT molecular complexity index is 876. The molecule has 2 aromatic heterocycles. The molecule has 1 aliphatic rings. The van der Waals surface area contributed by atoms with Crippen LogP contribution in [0, 0.1) is 5.82 Å². The van der Waals surface area contributed by atoms with Gasteiger partial charge < -0.3 is 4.90 Å². The Morgan fingerprint density at radius 2 is 2.24 bits per heavy atom. The van der Waals surface area contributed by atoms with Crippen LogP contribution in [0.2, 0.25) is 0 Å². The molecule has 130 valence electrons. The van der Waals surface area contributed by atoms with E-state index in [1.165, 1.54) is 23.5 Å². The first-order valence-electron chi connectivity index (χ1n) is 8.55. The van der Waals surface area contributed by atoms with Crippen molar-refractivity contribution < 1.29 is 9.18 Å². The first-order chi connectivity index (χ1) is 12.2. The molecule has 0 aliphatic carbocycles. The van der Waals surface area contributed by atoms with Crippen LogP contribution in [-0.2, 0) is 6.54 Å². The number of hydrogen-bond donors (Lipinski definition) is 0. The molecule has 0 radical (unpaired) electrons. The van der Waals surface area contributed by atoms with Crippen molar-refractivity contribution >= 4 is 27.3 Å². The fourth-order valence-corrected chi connectivity index (χ4v) is 4.50. The van der Waals surface area contributed by atoms with E-state index < -0.39 is 0 Å². The first kappa shape index (κ1) is 16.2. The summed E-state index contributed by atoms with van der Waals surface area (Å²) in [5.41, 5.74) is 0. The fourth-order valence-electron chi connectivity index (χ4n) is 3.45. The zero-order chi connectivity index (χ0) is 17.2. The molecular formula is C18H19FN4OS. The lowest BCUT2D eigenvalue weighted by atomic mass is 9.99. The second-order valence-electron chi connectivity index (χ2n) is 6.40. The number of hydrogen-bond acceptors (Lipinski definition) is 4. The minimum absolute atomic E-state index is 0.0601. The normalized spacial score (nSPS) is 18.0. The highest BCUT2D eigenvalue weighted by Gasteiger charge is 2.28. The third kappa shape index (κ3) is 3.42. The number of carbonyl (C=O) groups is 1. The Hall–Kier alpha value is -2.28. The van der Waals surface area contributed by atoms with Crippen molar-refractivity contribution in [1.82, 2.24) is 19.9 Å². The van der Waals surface area contributed by atoms with Gasteiger partial charge in [0.05, 0.1) is 11.1 Å². The lowest BCUT2D eigenvalue weighted by Crippen LogP contribution is -2.44. The molecule has 1 aliphatic heterocycles. The number of benzene rings is 1. The molecule has 5 nitrogen and oxygen atoms in total. The Labute approximate surface area is 149 Å². The Morgan fingerprint density at radius 3 is 3.08 bits per heavy atom. The molecule has 1 saturated heterocycles. The molecule has 3 heterocycles. The van der Waals surface area contributed by atoms with E-state index in [1.807, 2.05) is 17.2 Å². The standard InChI is InChI=1S/C18H19FN4OS/c19-14-5-4-13-11-17(25-16(13)12-14)18(24)23-8-2-1-3-15(23)6-9-22-10-7-20-21-22/h4-5,7,10-12,15H,1-3,6,8-9H2. The van der Waals surface area contributed by atoms with E-state index in [1.54, 1.807) is 16.9 Å². The maximum atomic E-state index is 13.4. The van der Waals surface area contributed by atoms with Crippen LogP contribution in [0.1, 0.15) is 35.4 Å². The van der Waals surface area contributed by atoms with Crippen LogP contribution < -0.4 is 0 Å². The summed E-state index contributed by atoms with van der Waals surface area (Å²) in [7, 11) is 0. The summed E-state index contributed by atoms with van der Waals surface area (Å²) in [5.74, 6) is -0.207. The molecule has 1 amide bonds. The van der Waals surface area contributed by atoms with Gasteiger partial charge >= 0.3 is 0 Å². The van der Waals surface area contributed by atoms with Gasteiger partial charge in [0.25, 0.3) is 5.91 Å². The van der Waals surface area contributed by atoms with Crippen LogP contribution in [0.25, 0.3) is 10.1 Å². The number of aryl methyl sites for hydroxylation is 1. The molecule has 0 bridgehead atoms. The molecule has 1 fully saturated rings. The molecule has 0 spiro atoms. The molecule has 1 unspecified atom stereocenters. The van der Waals surface area contributed by atoms with Crippen molar-refractivity contribution in [3.8, 4) is 0 Å². The topological polar surface area (TPSA) is 51.0 Å². The van der Waals surface area contributed by atoms with Gasteiger partial charge in [0.1, 0.15) is 5.82 Å². The average molecular weight is 358 g/mol. The third-order valence-electron chi connectivity index (χ3n) is 4.74. The monoisotopic (exact) mass is 358 g/mol. The molecular weight excluding hydrogens is 339 g/mol. The number of thiophene rings is 1. The van der Waals surface area contributed by atoms with Gasteiger partial charge in [-0.3, -0.25) is 9.48 Å². The predicted octanol–water partition coefficient (Wildman–Crippen LogP) is 3.72. The fraction of sp³-hybridized carbons (Fsp3) is 0.389. The van der Waals surface area contributed by atoms with Gasteiger partial charge in [-0.2, -0.15) is 0 Å². The summed E-state index contributed by atoms with van der Waals surface area (Å²) in [6.07, 6.45) is 7.57. The zero-order valence-corrected chi connectivity index (χ0v) is 14.6. The number of aromatic nitrogens is 3. The summed E-state index contributed by atoms with van der Waals surface area (Å²) in [5, 5.41) is 8.74. The highest BCUT2D eigenvalue weighted by atomic mass is 32.1. The second kappa shape index (κ2) is 6.92. The van der Waals surface area contributed by atoms with E-state index in [9.17, 15) is 9.18 Å². The number of likely N-dealkylation sites (tertiary alicyclic amines) is 1. The molecule has 0 N–H and O–H groups in total. The summed E-state index contributed by atoms with van der Waals surface area (Å²) in [6.45, 7) is 1.54. The maximum absolute atomic E-state index is 13.4.